The van der Waals surface area contributed by atoms with Crippen LogP contribution in [0.2, 0.25) is 0 Å². The molecular formula is C6H12BN3O9. The molecular weight excluding hydrogens is 269 g/mol. The lowest BCUT2D eigenvalue weighted by Gasteiger charge is -2.11. The van der Waals surface area contributed by atoms with Gasteiger partial charge in [0, 0.05) is 14.8 Å². The number of nitro groups is 3. The van der Waals surface area contributed by atoms with Gasteiger partial charge in [0.2, 0.25) is 19.6 Å². The minimum Gasteiger partial charge on any atom is -0.379 e. The van der Waals surface area contributed by atoms with Crippen molar-refractivity contribution in [3.8, 4) is 0 Å². The van der Waals surface area contributed by atoms with Gasteiger partial charge in [-0.15, -0.1) is 0 Å². The summed E-state index contributed by atoms with van der Waals surface area (Å²) in [6.45, 7) is -2.53. The molecule has 0 atom stereocenters. The van der Waals surface area contributed by atoms with Crippen molar-refractivity contribution in [2.75, 3.05) is 39.5 Å². The Hall–Kier alpha value is -1.86. The Morgan fingerprint density at radius 3 is 1.16 bits per heavy atom. The number of nitrogens with zero attached hydrogens (tertiary/aromatic N) is 3. The third-order valence-corrected chi connectivity index (χ3v) is 1.58. The van der Waals surface area contributed by atoms with Crippen LogP contribution in [0.4, 0.5) is 0 Å². The van der Waals surface area contributed by atoms with Gasteiger partial charge >= 0.3 is 7.32 Å². The summed E-state index contributed by atoms with van der Waals surface area (Å²) in [6, 6.07) is 0. The highest BCUT2D eigenvalue weighted by atomic mass is 16.7. The first-order valence-electron chi connectivity index (χ1n) is 5.12. The molecule has 13 heteroatoms. The van der Waals surface area contributed by atoms with Crippen molar-refractivity contribution in [2.24, 2.45) is 0 Å². The predicted molar refractivity (Wildman–Crippen MR) is 59.2 cm³/mol. The second kappa shape index (κ2) is 10.1. The van der Waals surface area contributed by atoms with Crippen LogP contribution in [0.25, 0.3) is 0 Å². The largest absolute Gasteiger partial charge is 0.640 e. The van der Waals surface area contributed by atoms with Crippen LogP contribution in [-0.4, -0.2) is 61.5 Å². The molecule has 0 aromatic heterocycles. The van der Waals surface area contributed by atoms with Gasteiger partial charge in [0.25, 0.3) is 0 Å². The Morgan fingerprint density at radius 1 is 0.684 bits per heavy atom. The molecule has 0 rings (SSSR count). The minimum absolute atomic E-state index is 0.339. The fourth-order valence-corrected chi connectivity index (χ4v) is 0.815. The standard InChI is InChI=1S/C6H12BN3O9/c11-8(12)1-4-17-7(18-5-2-9(13)14)19-6-3-10(15)16/h1-6H2. The summed E-state index contributed by atoms with van der Waals surface area (Å²) in [6.07, 6.45) is 0. The number of hydrogen-bond donors (Lipinski definition) is 0. The summed E-state index contributed by atoms with van der Waals surface area (Å²) in [7, 11) is -1.40. The van der Waals surface area contributed by atoms with Crippen LogP contribution in [0.3, 0.4) is 0 Å². The lowest BCUT2D eigenvalue weighted by Crippen LogP contribution is -2.32. The van der Waals surface area contributed by atoms with Gasteiger partial charge in [0.05, 0.1) is 19.8 Å². The summed E-state index contributed by atoms with van der Waals surface area (Å²) in [5.74, 6) is 0. The highest BCUT2D eigenvalue weighted by molar-refractivity contribution is 6.36. The molecule has 0 unspecified atom stereocenters. The zero-order valence-electron chi connectivity index (χ0n) is 9.84. The summed E-state index contributed by atoms with van der Waals surface area (Å²) < 4.78 is 14.4. The maximum absolute atomic E-state index is 10.1. The summed E-state index contributed by atoms with van der Waals surface area (Å²) in [5, 5.41) is 30.2. The van der Waals surface area contributed by atoms with Crippen molar-refractivity contribution < 1.29 is 28.7 Å². The van der Waals surface area contributed by atoms with E-state index in [1.165, 1.54) is 0 Å². The van der Waals surface area contributed by atoms with Gasteiger partial charge in [-0.3, -0.25) is 30.3 Å². The van der Waals surface area contributed by atoms with Crippen LogP contribution in [-0.2, 0) is 14.0 Å². The first kappa shape index (κ1) is 17.1. The molecule has 0 saturated carbocycles. The fourth-order valence-electron chi connectivity index (χ4n) is 0.815. The number of hydrogen-bond acceptors (Lipinski definition) is 9. The van der Waals surface area contributed by atoms with E-state index in [4.69, 9.17) is 14.0 Å². The third kappa shape index (κ3) is 12.4. The van der Waals surface area contributed by atoms with Crippen LogP contribution in [0.1, 0.15) is 0 Å². The van der Waals surface area contributed by atoms with Crippen molar-refractivity contribution in [3.63, 3.8) is 0 Å². The molecule has 0 aromatic carbocycles. The van der Waals surface area contributed by atoms with Crippen LogP contribution in [0.15, 0.2) is 0 Å². The van der Waals surface area contributed by atoms with Gasteiger partial charge in [-0.25, -0.2) is 0 Å². The molecule has 0 radical (unpaired) electrons. The SMILES string of the molecule is O=[N+]([O-])CCOB(OCC[N+](=O)[O-])OCC[N+](=O)[O-]. The zero-order valence-corrected chi connectivity index (χ0v) is 9.84. The van der Waals surface area contributed by atoms with E-state index in [2.05, 4.69) is 0 Å². The second-order valence-electron chi connectivity index (χ2n) is 3.07. The fraction of sp³-hybridized carbons (Fsp3) is 1.00. The highest BCUT2D eigenvalue weighted by Crippen LogP contribution is 1.94. The molecule has 0 amide bonds. The molecule has 0 aromatic rings. The molecule has 0 aliphatic rings. The van der Waals surface area contributed by atoms with E-state index < -0.39 is 41.7 Å². The minimum atomic E-state index is -1.40. The highest BCUT2D eigenvalue weighted by Gasteiger charge is 2.23. The van der Waals surface area contributed by atoms with Crippen molar-refractivity contribution in [1.82, 2.24) is 0 Å². The molecule has 0 heterocycles. The molecule has 0 N–H and O–H groups in total. The van der Waals surface area contributed by atoms with Gasteiger partial charge in [0.15, 0.2) is 0 Å². The van der Waals surface area contributed by atoms with Crippen LogP contribution in [0.5, 0.6) is 0 Å². The van der Waals surface area contributed by atoms with E-state index in [0.29, 0.717) is 0 Å². The van der Waals surface area contributed by atoms with E-state index in [0.717, 1.165) is 0 Å². The Morgan fingerprint density at radius 2 is 0.947 bits per heavy atom. The van der Waals surface area contributed by atoms with Gasteiger partial charge in [0.1, 0.15) is 0 Å². The van der Waals surface area contributed by atoms with Crippen molar-refractivity contribution in [3.05, 3.63) is 30.3 Å². The second-order valence-corrected chi connectivity index (χ2v) is 3.07. The summed E-state index contributed by atoms with van der Waals surface area (Å²) in [4.78, 5) is 28.3. The monoisotopic (exact) mass is 281 g/mol. The predicted octanol–water partition coefficient (Wildman–Crippen LogP) is -1.15. The zero-order chi connectivity index (χ0) is 14.7. The van der Waals surface area contributed by atoms with E-state index >= 15 is 0 Å². The average molecular weight is 281 g/mol. The Kier molecular flexibility index (Phi) is 9.12. The molecule has 108 valence electrons. The van der Waals surface area contributed by atoms with Crippen molar-refractivity contribution >= 4 is 7.32 Å². The molecule has 19 heavy (non-hydrogen) atoms. The van der Waals surface area contributed by atoms with E-state index in [1.807, 2.05) is 0 Å². The normalized spacial score (nSPS) is 10.1. The van der Waals surface area contributed by atoms with Gasteiger partial charge < -0.3 is 14.0 Å². The van der Waals surface area contributed by atoms with Crippen LogP contribution in [0, 0.1) is 30.3 Å². The van der Waals surface area contributed by atoms with E-state index in [9.17, 15) is 30.3 Å². The van der Waals surface area contributed by atoms with Crippen LogP contribution < -0.4 is 0 Å². The van der Waals surface area contributed by atoms with Gasteiger partial charge in [-0.1, -0.05) is 0 Å². The lowest BCUT2D eigenvalue weighted by molar-refractivity contribution is -0.485. The maximum atomic E-state index is 10.1. The third-order valence-electron chi connectivity index (χ3n) is 1.58. The molecule has 0 aliphatic carbocycles. The number of rotatable bonds is 12. The first-order valence-corrected chi connectivity index (χ1v) is 5.12. The van der Waals surface area contributed by atoms with Gasteiger partial charge in [-0.2, -0.15) is 0 Å². The quantitative estimate of drug-likeness (QED) is 0.244. The smallest absolute Gasteiger partial charge is 0.379 e. The topological polar surface area (TPSA) is 157 Å². The maximum Gasteiger partial charge on any atom is 0.640 e. The Labute approximate surface area is 107 Å². The van der Waals surface area contributed by atoms with Gasteiger partial charge in [-0.05, 0) is 0 Å². The summed E-state index contributed by atoms with van der Waals surface area (Å²) >= 11 is 0. The molecule has 0 saturated heterocycles. The lowest BCUT2D eigenvalue weighted by atomic mass is 10.2. The Bertz CT molecular complexity index is 267. The van der Waals surface area contributed by atoms with Crippen LogP contribution >= 0.6 is 0 Å². The van der Waals surface area contributed by atoms with E-state index in [-0.39, 0.29) is 19.8 Å². The molecule has 12 nitrogen and oxygen atoms in total. The van der Waals surface area contributed by atoms with Crippen molar-refractivity contribution in [2.45, 2.75) is 0 Å². The average Bonchev–Trinajstić information content (AvgIpc) is 2.26. The molecule has 0 fully saturated rings. The molecule has 0 bridgehead atoms. The molecule has 0 aliphatic heterocycles. The molecule has 0 spiro atoms. The summed E-state index contributed by atoms with van der Waals surface area (Å²) in [5.41, 5.74) is 0. The van der Waals surface area contributed by atoms with E-state index in [1.54, 1.807) is 0 Å². The van der Waals surface area contributed by atoms with Crippen molar-refractivity contribution in [1.29, 1.82) is 0 Å². The Balaban J connectivity index is 3.94. The first-order chi connectivity index (χ1) is 8.91.